The van der Waals surface area contributed by atoms with Gasteiger partial charge in [-0.2, -0.15) is 0 Å². The highest BCUT2D eigenvalue weighted by atomic mass is 32.2. The first-order valence-electron chi connectivity index (χ1n) is 12.3. The van der Waals surface area contributed by atoms with Crippen LogP contribution in [0.5, 0.6) is 0 Å². The molecule has 3 fully saturated rings. The Bertz CT molecular complexity index is 1750. The van der Waals surface area contributed by atoms with E-state index in [-0.39, 0.29) is 16.3 Å². The van der Waals surface area contributed by atoms with Crippen molar-refractivity contribution in [2.75, 3.05) is 5.75 Å². The second-order valence-electron chi connectivity index (χ2n) is 10.6. The number of rotatable bonds is 8. The summed E-state index contributed by atoms with van der Waals surface area (Å²) in [4.78, 5) is 9.27. The number of fused-ring (bicyclic) bond motifs is 3. The number of aliphatic hydroxyl groups excluding tert-OH is 1. The fourth-order valence-corrected chi connectivity index (χ4v) is 8.97. The second-order valence-corrected chi connectivity index (χ2v) is 14.3. The summed E-state index contributed by atoms with van der Waals surface area (Å²) in [6.45, 7) is 5.37. The number of pyridine rings is 1. The lowest BCUT2D eigenvalue weighted by atomic mass is 9.44. The Hall–Kier alpha value is -2.80. The average Bonchev–Trinajstić information content (AvgIpc) is 3.37. The highest BCUT2D eigenvalue weighted by Gasteiger charge is 2.71. The van der Waals surface area contributed by atoms with Crippen LogP contribution in [0.3, 0.4) is 0 Å². The van der Waals surface area contributed by atoms with E-state index in [1.807, 2.05) is 18.4 Å². The van der Waals surface area contributed by atoms with Crippen LogP contribution in [0.4, 0.5) is 0 Å². The van der Waals surface area contributed by atoms with Crippen molar-refractivity contribution >= 4 is 42.1 Å². The van der Waals surface area contributed by atoms with Crippen LogP contribution in [0.25, 0.3) is 22.1 Å². The average molecular weight is 544 g/mol. The van der Waals surface area contributed by atoms with Crippen molar-refractivity contribution in [2.45, 2.75) is 68.5 Å². The number of hydrogen-bond acceptors (Lipinski definition) is 7. The predicted octanol–water partition coefficient (Wildman–Crippen LogP) is 2.95. The maximum Gasteiger partial charge on any atom is 0.269 e. The van der Waals surface area contributed by atoms with E-state index < -0.39 is 37.2 Å². The number of hydrogen-bond donors (Lipinski definition) is 2. The van der Waals surface area contributed by atoms with Gasteiger partial charge in [-0.25, -0.2) is 35.5 Å². The van der Waals surface area contributed by atoms with E-state index in [1.165, 1.54) is 16.4 Å². The third-order valence-corrected chi connectivity index (χ3v) is 11.0. The summed E-state index contributed by atoms with van der Waals surface area (Å²) >= 11 is 0. The number of imidazole rings is 1. The molecule has 2 bridgehead atoms. The van der Waals surface area contributed by atoms with Gasteiger partial charge in [-0.1, -0.05) is 24.6 Å². The Morgan fingerprint density at radius 1 is 1.11 bits per heavy atom. The molecule has 0 saturated heterocycles. The molecule has 3 aromatic heterocycles. The number of aryl methyl sites for hydroxylation is 1. The van der Waals surface area contributed by atoms with Crippen LogP contribution in [-0.2, 0) is 25.6 Å². The zero-order chi connectivity index (χ0) is 26.4. The molecule has 0 amide bonds. The molecule has 0 spiro atoms. The molecule has 196 valence electrons. The Labute approximate surface area is 215 Å². The summed E-state index contributed by atoms with van der Waals surface area (Å²) in [5.74, 6) is 0.549. The molecule has 3 aliphatic rings. The predicted molar refractivity (Wildman–Crippen MR) is 139 cm³/mol. The minimum atomic E-state index is -3.88. The van der Waals surface area contributed by atoms with Crippen LogP contribution in [0, 0.1) is 6.92 Å². The third-order valence-electron chi connectivity index (χ3n) is 7.59. The number of aromatic nitrogens is 4. The number of benzene rings is 1. The summed E-state index contributed by atoms with van der Waals surface area (Å²) in [6.07, 6.45) is 4.45. The summed E-state index contributed by atoms with van der Waals surface area (Å²) in [6, 6.07) is 8.37. The minimum absolute atomic E-state index is 0.0872. The fraction of sp³-hybridized carbons (Fsp3) is 0.440. The first kappa shape index (κ1) is 24.5. The highest BCUT2D eigenvalue weighted by molar-refractivity contribution is 7.90. The van der Waals surface area contributed by atoms with Gasteiger partial charge in [-0.3, -0.25) is 0 Å². The van der Waals surface area contributed by atoms with Gasteiger partial charge in [0.2, 0.25) is 10.0 Å². The number of nitrogens with zero attached hydrogens (tertiary/aromatic N) is 4. The standard InChI is InChI=1S/C25H29N5O5S2/c1-4-11-36(32,33)28-24-13-25(14-24,15-24)30-21-19-9-10-29(37(34,35)18-7-5-16(2)6-8-18)23(19)26-12-20(21)27-22(30)17(3)31/h5-10,12,17,28,31H,4,11,13-15H2,1-3H3/t17-,24?,25?/m1/s1. The fourth-order valence-electron chi connectivity index (χ4n) is 6.15. The van der Waals surface area contributed by atoms with Crippen molar-refractivity contribution in [3.63, 3.8) is 0 Å². The van der Waals surface area contributed by atoms with Crippen LogP contribution < -0.4 is 4.72 Å². The van der Waals surface area contributed by atoms with Crippen LogP contribution in [0.1, 0.15) is 57.0 Å². The van der Waals surface area contributed by atoms with E-state index >= 15 is 0 Å². The Balaban J connectivity index is 1.46. The molecule has 0 aliphatic heterocycles. The topological polar surface area (TPSA) is 136 Å². The molecule has 3 aliphatic carbocycles. The van der Waals surface area contributed by atoms with Crippen molar-refractivity contribution in [2.24, 2.45) is 0 Å². The maximum absolute atomic E-state index is 13.5. The molecule has 0 unspecified atom stereocenters. The Morgan fingerprint density at radius 3 is 2.41 bits per heavy atom. The smallest absolute Gasteiger partial charge is 0.269 e. The van der Waals surface area contributed by atoms with Crippen molar-refractivity contribution in [3.8, 4) is 0 Å². The van der Waals surface area contributed by atoms with Gasteiger partial charge < -0.3 is 9.67 Å². The largest absolute Gasteiger partial charge is 0.385 e. The molecule has 3 heterocycles. The molecular weight excluding hydrogens is 514 g/mol. The van der Waals surface area contributed by atoms with Gasteiger partial charge in [0.1, 0.15) is 17.4 Å². The highest BCUT2D eigenvalue weighted by Crippen LogP contribution is 2.66. The second kappa shape index (κ2) is 7.85. The lowest BCUT2D eigenvalue weighted by Gasteiger charge is -2.70. The molecule has 1 aromatic carbocycles. The van der Waals surface area contributed by atoms with Crippen molar-refractivity contribution in [3.05, 3.63) is 54.1 Å². The number of nitrogens with one attached hydrogen (secondary N) is 1. The van der Waals surface area contributed by atoms with Gasteiger partial charge in [-0.15, -0.1) is 0 Å². The van der Waals surface area contributed by atoms with Crippen LogP contribution >= 0.6 is 0 Å². The first-order valence-corrected chi connectivity index (χ1v) is 15.4. The molecule has 1 atom stereocenters. The van der Waals surface area contributed by atoms with E-state index in [4.69, 9.17) is 0 Å². The van der Waals surface area contributed by atoms with Crippen molar-refractivity contribution in [1.82, 2.24) is 23.2 Å². The Morgan fingerprint density at radius 2 is 1.78 bits per heavy atom. The van der Waals surface area contributed by atoms with E-state index in [2.05, 4.69) is 14.7 Å². The van der Waals surface area contributed by atoms with Crippen LogP contribution in [0.15, 0.2) is 47.6 Å². The molecular formula is C25H29N5O5S2. The first-order chi connectivity index (χ1) is 17.4. The zero-order valence-electron chi connectivity index (χ0n) is 20.8. The van der Waals surface area contributed by atoms with Crippen molar-refractivity contribution in [1.29, 1.82) is 0 Å². The van der Waals surface area contributed by atoms with Gasteiger partial charge in [0.15, 0.2) is 5.65 Å². The molecule has 10 nitrogen and oxygen atoms in total. The van der Waals surface area contributed by atoms with Crippen molar-refractivity contribution < 1.29 is 21.9 Å². The van der Waals surface area contributed by atoms with E-state index in [0.29, 0.717) is 47.9 Å². The molecule has 0 radical (unpaired) electrons. The quantitative estimate of drug-likeness (QED) is 0.349. The molecule has 7 rings (SSSR count). The SMILES string of the molecule is CCCS(=O)(=O)NC12CC(n3c([C@@H](C)O)nc4cnc5c(ccn5S(=O)(=O)c5ccc(C)cc5)c43)(C1)C2. The lowest BCUT2D eigenvalue weighted by Crippen LogP contribution is -2.78. The van der Waals surface area contributed by atoms with Gasteiger partial charge >= 0.3 is 0 Å². The molecule has 37 heavy (non-hydrogen) atoms. The van der Waals surface area contributed by atoms with Gasteiger partial charge in [0.25, 0.3) is 10.0 Å². The maximum atomic E-state index is 13.5. The summed E-state index contributed by atoms with van der Waals surface area (Å²) in [5.41, 5.74) is 1.60. The minimum Gasteiger partial charge on any atom is -0.385 e. The van der Waals surface area contributed by atoms with Gasteiger partial charge in [-0.05, 0) is 57.7 Å². The van der Waals surface area contributed by atoms with E-state index in [9.17, 15) is 21.9 Å². The zero-order valence-corrected chi connectivity index (χ0v) is 22.5. The third kappa shape index (κ3) is 3.57. The summed E-state index contributed by atoms with van der Waals surface area (Å²) < 4.78 is 57.8. The number of sulfonamides is 1. The Kier molecular flexibility index (Phi) is 5.21. The van der Waals surface area contributed by atoms with Gasteiger partial charge in [0, 0.05) is 17.1 Å². The van der Waals surface area contributed by atoms with Gasteiger partial charge in [0.05, 0.1) is 27.9 Å². The molecule has 3 saturated carbocycles. The molecule has 12 heteroatoms. The van der Waals surface area contributed by atoms with Crippen LogP contribution in [-0.4, -0.2) is 51.7 Å². The lowest BCUT2D eigenvalue weighted by molar-refractivity contribution is -0.126. The normalized spacial score (nSPS) is 24.2. The summed E-state index contributed by atoms with van der Waals surface area (Å²) in [5, 5.41) is 11.2. The van der Waals surface area contributed by atoms with E-state index in [0.717, 1.165) is 5.56 Å². The summed E-state index contributed by atoms with van der Waals surface area (Å²) in [7, 11) is -7.24. The van der Waals surface area contributed by atoms with E-state index in [1.54, 1.807) is 37.3 Å². The monoisotopic (exact) mass is 543 g/mol. The molecule has 4 aromatic rings. The van der Waals surface area contributed by atoms with Crippen LogP contribution in [0.2, 0.25) is 0 Å². The number of aliphatic hydroxyl groups is 1. The molecule has 2 N–H and O–H groups in total.